The highest BCUT2D eigenvalue weighted by Gasteiger charge is 2.00. The van der Waals surface area contributed by atoms with Gasteiger partial charge in [-0.05, 0) is 24.0 Å². The molecule has 0 aromatic heterocycles. The van der Waals surface area contributed by atoms with Crippen LogP contribution in [0.25, 0.3) is 0 Å². The molecule has 0 aliphatic heterocycles. The molecule has 1 aromatic rings. The zero-order valence-corrected chi connectivity index (χ0v) is 11.6. The number of carbonyl (C=O) groups is 1. The number of methoxy groups -OCH3 is 1. The lowest BCUT2D eigenvalue weighted by atomic mass is 10.2. The van der Waals surface area contributed by atoms with Crippen LogP contribution in [0.2, 0.25) is 0 Å². The van der Waals surface area contributed by atoms with Crippen molar-refractivity contribution in [3.63, 3.8) is 0 Å². The molecule has 1 N–H and O–H groups in total. The second-order valence-electron chi connectivity index (χ2n) is 3.68. The van der Waals surface area contributed by atoms with E-state index in [0.717, 1.165) is 6.54 Å². The van der Waals surface area contributed by atoms with Crippen LogP contribution in [-0.4, -0.2) is 39.1 Å². The zero-order valence-electron chi connectivity index (χ0n) is 10.8. The van der Waals surface area contributed by atoms with Crippen LogP contribution < -0.4 is 5.32 Å². The molecular weight excluding hydrogens is 250 g/mol. The van der Waals surface area contributed by atoms with Gasteiger partial charge in [0.1, 0.15) is 13.2 Å². The molecule has 0 amide bonds. The molecule has 0 saturated heterocycles. The molecule has 0 aliphatic rings. The normalized spacial score (nSPS) is 10.3. The number of thioether (sulfide) groups is 1. The highest BCUT2D eigenvalue weighted by molar-refractivity contribution is 7.98. The Labute approximate surface area is 112 Å². The minimum Gasteiger partial charge on any atom is -0.463 e. The van der Waals surface area contributed by atoms with E-state index in [2.05, 4.69) is 40.6 Å². The molecule has 5 heteroatoms. The van der Waals surface area contributed by atoms with Gasteiger partial charge in [0.25, 0.3) is 0 Å². The molecule has 0 spiro atoms. The smallest absolute Gasteiger partial charge is 0.332 e. The molecule has 1 aromatic carbocycles. The second-order valence-corrected chi connectivity index (χ2v) is 4.56. The van der Waals surface area contributed by atoms with E-state index in [-0.39, 0.29) is 12.6 Å². The summed E-state index contributed by atoms with van der Waals surface area (Å²) in [5.74, 6) is -0.330. The van der Waals surface area contributed by atoms with E-state index < -0.39 is 0 Å². The van der Waals surface area contributed by atoms with Gasteiger partial charge in [0.15, 0.2) is 0 Å². The monoisotopic (exact) mass is 269 g/mol. The third-order valence-corrected chi connectivity index (χ3v) is 3.04. The van der Waals surface area contributed by atoms with Crippen molar-refractivity contribution in [1.82, 2.24) is 5.32 Å². The molecule has 0 bridgehead atoms. The second kappa shape index (κ2) is 8.97. The third-order valence-electron chi connectivity index (χ3n) is 2.29. The van der Waals surface area contributed by atoms with Crippen molar-refractivity contribution in [1.29, 1.82) is 0 Å². The summed E-state index contributed by atoms with van der Waals surface area (Å²) in [6, 6.07) is 8.38. The average Bonchev–Trinajstić information content (AvgIpc) is 2.39. The summed E-state index contributed by atoms with van der Waals surface area (Å²) in [6.07, 6.45) is 2.06. The van der Waals surface area contributed by atoms with E-state index in [1.54, 1.807) is 11.8 Å². The molecule has 0 fully saturated rings. The predicted octanol–water partition coefficient (Wildman–Crippen LogP) is 1.69. The molecule has 4 nitrogen and oxygen atoms in total. The Kier molecular flexibility index (Phi) is 7.48. The Morgan fingerprint density at radius 2 is 2.06 bits per heavy atom. The number of benzene rings is 1. The molecule has 0 atom stereocenters. The molecule has 100 valence electrons. The van der Waals surface area contributed by atoms with Crippen LogP contribution in [-0.2, 0) is 20.8 Å². The minimum atomic E-state index is -0.330. The predicted molar refractivity (Wildman–Crippen MR) is 72.8 cm³/mol. The van der Waals surface area contributed by atoms with Crippen molar-refractivity contribution >= 4 is 17.7 Å². The summed E-state index contributed by atoms with van der Waals surface area (Å²) >= 11 is 1.73. The van der Waals surface area contributed by atoms with Gasteiger partial charge in [-0.3, -0.25) is 0 Å². The molecule has 0 aliphatic carbocycles. The van der Waals surface area contributed by atoms with E-state index >= 15 is 0 Å². The maximum Gasteiger partial charge on any atom is 0.332 e. The largest absolute Gasteiger partial charge is 0.463 e. The third kappa shape index (κ3) is 6.05. The first-order valence-corrected chi connectivity index (χ1v) is 6.97. The van der Waals surface area contributed by atoms with Crippen LogP contribution >= 0.6 is 11.8 Å². The minimum absolute atomic E-state index is 0.0101. The van der Waals surface area contributed by atoms with E-state index in [1.807, 2.05) is 0 Å². The quantitative estimate of drug-likeness (QED) is 0.442. The van der Waals surface area contributed by atoms with Crippen LogP contribution in [0.5, 0.6) is 0 Å². The van der Waals surface area contributed by atoms with Gasteiger partial charge in [-0.15, -0.1) is 11.8 Å². The van der Waals surface area contributed by atoms with Crippen molar-refractivity contribution in [2.75, 3.05) is 33.1 Å². The van der Waals surface area contributed by atoms with Crippen LogP contribution in [0.4, 0.5) is 0 Å². The Morgan fingerprint density at radius 1 is 1.33 bits per heavy atom. The van der Waals surface area contributed by atoms with Crippen molar-refractivity contribution in [3.8, 4) is 0 Å². The number of esters is 1. The Morgan fingerprint density at radius 3 is 2.67 bits per heavy atom. The van der Waals surface area contributed by atoms with Crippen molar-refractivity contribution in [2.45, 2.75) is 11.4 Å². The van der Waals surface area contributed by atoms with Crippen molar-refractivity contribution < 1.29 is 14.3 Å². The van der Waals surface area contributed by atoms with E-state index in [1.165, 1.54) is 17.6 Å². The van der Waals surface area contributed by atoms with E-state index in [9.17, 15) is 4.79 Å². The van der Waals surface area contributed by atoms with E-state index in [0.29, 0.717) is 13.2 Å². The standard InChI is InChI=1S/C13H19NO3S/c1-16-10-13(15)17-8-7-14-9-11-3-5-12(18-2)6-4-11/h3-6,14H,7-10H2,1-2H3. The van der Waals surface area contributed by atoms with Gasteiger partial charge in [-0.2, -0.15) is 0 Å². The molecule has 1 rings (SSSR count). The van der Waals surface area contributed by atoms with Gasteiger partial charge in [-0.1, -0.05) is 12.1 Å². The lowest BCUT2D eigenvalue weighted by Gasteiger charge is -2.06. The lowest BCUT2D eigenvalue weighted by Crippen LogP contribution is -2.22. The van der Waals surface area contributed by atoms with Gasteiger partial charge in [-0.25, -0.2) is 4.79 Å². The van der Waals surface area contributed by atoms with Crippen LogP contribution in [0.3, 0.4) is 0 Å². The van der Waals surface area contributed by atoms with Crippen molar-refractivity contribution in [3.05, 3.63) is 29.8 Å². The molecule has 0 unspecified atom stereocenters. The maximum atomic E-state index is 11.0. The summed E-state index contributed by atoms with van der Waals surface area (Å²) in [6.45, 7) is 1.79. The maximum absolute atomic E-state index is 11.0. The fraction of sp³-hybridized carbons (Fsp3) is 0.462. The molecule has 18 heavy (non-hydrogen) atoms. The van der Waals surface area contributed by atoms with Gasteiger partial charge in [0, 0.05) is 25.1 Å². The Bertz CT molecular complexity index is 354. The Balaban J connectivity index is 2.12. The van der Waals surface area contributed by atoms with Crippen molar-refractivity contribution in [2.24, 2.45) is 0 Å². The molecular formula is C13H19NO3S. The highest BCUT2D eigenvalue weighted by atomic mass is 32.2. The summed E-state index contributed by atoms with van der Waals surface area (Å²) in [4.78, 5) is 12.2. The number of nitrogens with one attached hydrogen (secondary N) is 1. The zero-order chi connectivity index (χ0) is 13.2. The summed E-state index contributed by atoms with van der Waals surface area (Å²) in [5.41, 5.74) is 1.22. The number of hydrogen-bond donors (Lipinski definition) is 1. The first-order valence-electron chi connectivity index (χ1n) is 5.74. The SMILES string of the molecule is COCC(=O)OCCNCc1ccc(SC)cc1. The molecule has 0 radical (unpaired) electrons. The summed E-state index contributed by atoms with van der Waals surface area (Å²) in [7, 11) is 1.47. The summed E-state index contributed by atoms with van der Waals surface area (Å²) in [5, 5.41) is 3.21. The fourth-order valence-electron chi connectivity index (χ4n) is 1.37. The first kappa shape index (κ1) is 15.0. The van der Waals surface area contributed by atoms with Gasteiger partial charge >= 0.3 is 5.97 Å². The average molecular weight is 269 g/mol. The fourth-order valence-corrected chi connectivity index (χ4v) is 1.78. The van der Waals surface area contributed by atoms with Crippen LogP contribution in [0, 0.1) is 0 Å². The Hall–Kier alpha value is -1.04. The number of rotatable bonds is 8. The topological polar surface area (TPSA) is 47.6 Å². The van der Waals surface area contributed by atoms with Gasteiger partial charge in [0.2, 0.25) is 0 Å². The summed E-state index contributed by atoms with van der Waals surface area (Å²) < 4.78 is 9.58. The molecule has 0 heterocycles. The highest BCUT2D eigenvalue weighted by Crippen LogP contribution is 2.14. The number of ether oxygens (including phenoxy) is 2. The lowest BCUT2D eigenvalue weighted by molar-refractivity contribution is -0.147. The number of carbonyl (C=O) groups excluding carboxylic acids is 1. The van der Waals surface area contributed by atoms with Gasteiger partial charge in [0.05, 0.1) is 0 Å². The van der Waals surface area contributed by atoms with Gasteiger partial charge < -0.3 is 14.8 Å². The van der Waals surface area contributed by atoms with Crippen LogP contribution in [0.15, 0.2) is 29.2 Å². The van der Waals surface area contributed by atoms with E-state index in [4.69, 9.17) is 4.74 Å². The molecule has 0 saturated carbocycles. The number of hydrogen-bond acceptors (Lipinski definition) is 5. The first-order chi connectivity index (χ1) is 8.76. The van der Waals surface area contributed by atoms with Crippen LogP contribution in [0.1, 0.15) is 5.56 Å².